The van der Waals surface area contributed by atoms with Gasteiger partial charge in [-0.15, -0.1) is 0 Å². The first kappa shape index (κ1) is 19.7. The van der Waals surface area contributed by atoms with Gasteiger partial charge < -0.3 is 9.84 Å². The molecule has 3 aliphatic rings. The molecule has 0 saturated carbocycles. The Hall–Kier alpha value is -3.26. The monoisotopic (exact) mass is 415 g/mol. The van der Waals surface area contributed by atoms with E-state index in [1.165, 1.54) is 4.90 Å². The fourth-order valence-electron chi connectivity index (χ4n) is 6.03. The predicted molar refractivity (Wildman–Crippen MR) is 110 cm³/mol. The van der Waals surface area contributed by atoms with Crippen molar-refractivity contribution < 1.29 is 19.4 Å². The zero-order valence-corrected chi connectivity index (χ0v) is 16.9. The van der Waals surface area contributed by atoms with E-state index in [4.69, 9.17) is 10.00 Å². The lowest BCUT2D eigenvalue weighted by Crippen LogP contribution is -2.43. The van der Waals surface area contributed by atoms with Gasteiger partial charge in [-0.3, -0.25) is 9.59 Å². The normalized spacial score (nSPS) is 31.1. The lowest BCUT2D eigenvalue weighted by atomic mass is 9.65. The van der Waals surface area contributed by atoms with E-state index in [0.29, 0.717) is 41.3 Å². The first-order valence-electron chi connectivity index (χ1n) is 10.5. The summed E-state index contributed by atoms with van der Waals surface area (Å²) in [5, 5.41) is 29.6. The third-order valence-electron chi connectivity index (χ3n) is 7.28. The Kier molecular flexibility index (Phi) is 4.37. The Balaban J connectivity index is 1.65. The second-order valence-electron chi connectivity index (χ2n) is 8.62. The summed E-state index contributed by atoms with van der Waals surface area (Å²) >= 11 is 0. The standard InChI is InChI=1S/C24H21N3O4/c25-12-3-8-23-9-10-24(31-23,11-13-28)20-19(23)21(29)27(22(20)30)18-7-6-15(14-26)16-4-1-2-5-17(16)18/h1-2,4-7,19-20,28H,3,8-11,13H2/t19-,20+,23-,24-/m0/s1. The van der Waals surface area contributed by atoms with E-state index in [1.54, 1.807) is 24.3 Å². The number of aliphatic hydroxyl groups is 1. The number of imide groups is 1. The fourth-order valence-corrected chi connectivity index (χ4v) is 6.03. The van der Waals surface area contributed by atoms with Crippen LogP contribution in [0.3, 0.4) is 0 Å². The van der Waals surface area contributed by atoms with E-state index < -0.39 is 23.0 Å². The zero-order chi connectivity index (χ0) is 21.8. The molecule has 2 bridgehead atoms. The highest BCUT2D eigenvalue weighted by Gasteiger charge is 2.74. The summed E-state index contributed by atoms with van der Waals surface area (Å²) in [7, 11) is 0. The minimum absolute atomic E-state index is 0.140. The van der Waals surface area contributed by atoms with Gasteiger partial charge in [0.15, 0.2) is 0 Å². The van der Waals surface area contributed by atoms with E-state index in [-0.39, 0.29) is 31.3 Å². The molecule has 4 atom stereocenters. The summed E-state index contributed by atoms with van der Waals surface area (Å²) < 4.78 is 6.38. The topological polar surface area (TPSA) is 114 Å². The zero-order valence-electron chi connectivity index (χ0n) is 16.9. The van der Waals surface area contributed by atoms with Crippen LogP contribution in [0.15, 0.2) is 36.4 Å². The van der Waals surface area contributed by atoms with Gasteiger partial charge >= 0.3 is 0 Å². The van der Waals surface area contributed by atoms with Crippen LogP contribution in [0.2, 0.25) is 0 Å². The molecule has 7 nitrogen and oxygen atoms in total. The number of rotatable bonds is 5. The van der Waals surface area contributed by atoms with Crippen molar-refractivity contribution >= 4 is 28.3 Å². The Bertz CT molecular complexity index is 1200. The first-order chi connectivity index (χ1) is 15.0. The van der Waals surface area contributed by atoms with Gasteiger partial charge in [0.25, 0.3) is 0 Å². The number of ether oxygens (including phenoxy) is 1. The molecule has 31 heavy (non-hydrogen) atoms. The van der Waals surface area contributed by atoms with Crippen molar-refractivity contribution in [1.29, 1.82) is 10.5 Å². The van der Waals surface area contributed by atoms with Crippen LogP contribution < -0.4 is 4.90 Å². The Labute approximate surface area is 179 Å². The summed E-state index contributed by atoms with van der Waals surface area (Å²) in [6, 6.07) is 14.8. The number of benzene rings is 2. The molecule has 0 aliphatic carbocycles. The van der Waals surface area contributed by atoms with Crippen LogP contribution in [0.1, 0.15) is 37.7 Å². The number of amides is 2. The molecule has 3 fully saturated rings. The number of hydrogen-bond donors (Lipinski definition) is 1. The minimum atomic E-state index is -0.876. The minimum Gasteiger partial charge on any atom is -0.396 e. The number of aliphatic hydroxyl groups excluding tert-OH is 1. The molecule has 7 heteroatoms. The van der Waals surface area contributed by atoms with Crippen molar-refractivity contribution in [2.75, 3.05) is 11.5 Å². The molecule has 0 spiro atoms. The summed E-state index contributed by atoms with van der Waals surface area (Å²) in [6.07, 6.45) is 2.08. The van der Waals surface area contributed by atoms with E-state index in [9.17, 15) is 20.0 Å². The van der Waals surface area contributed by atoms with E-state index >= 15 is 0 Å². The average Bonchev–Trinajstić information content (AvgIpc) is 3.38. The predicted octanol–water partition coefficient (Wildman–Crippen LogP) is 2.80. The second kappa shape index (κ2) is 6.88. The first-order valence-corrected chi connectivity index (χ1v) is 10.5. The average molecular weight is 415 g/mol. The van der Waals surface area contributed by atoms with Crippen LogP contribution in [-0.2, 0) is 14.3 Å². The van der Waals surface area contributed by atoms with Crippen molar-refractivity contribution in [2.24, 2.45) is 11.8 Å². The molecule has 2 amide bonds. The van der Waals surface area contributed by atoms with Crippen LogP contribution in [0, 0.1) is 34.5 Å². The number of carbonyl (C=O) groups is 2. The SMILES string of the molecule is N#CCC[C@@]12CC[C@@](CCO)(O1)[C@H]1C(=O)N(c3ccc(C#N)c4ccccc34)C(=O)[C@H]12. The van der Waals surface area contributed by atoms with Crippen LogP contribution in [0.4, 0.5) is 5.69 Å². The molecule has 0 aromatic heterocycles. The molecule has 2 aromatic carbocycles. The summed E-state index contributed by atoms with van der Waals surface area (Å²) in [6.45, 7) is -0.140. The summed E-state index contributed by atoms with van der Waals surface area (Å²) in [5.41, 5.74) is -0.782. The molecule has 0 unspecified atom stereocenters. The number of anilines is 1. The van der Waals surface area contributed by atoms with Gasteiger partial charge in [0.1, 0.15) is 0 Å². The van der Waals surface area contributed by atoms with Gasteiger partial charge in [-0.25, -0.2) is 4.90 Å². The Morgan fingerprint density at radius 3 is 2.26 bits per heavy atom. The maximum atomic E-state index is 13.7. The molecular formula is C24H21N3O4. The van der Waals surface area contributed by atoms with Crippen LogP contribution in [0.5, 0.6) is 0 Å². The molecular weight excluding hydrogens is 394 g/mol. The molecule has 3 saturated heterocycles. The van der Waals surface area contributed by atoms with Gasteiger partial charge in [0.2, 0.25) is 11.8 Å². The van der Waals surface area contributed by atoms with Crippen molar-refractivity contribution in [2.45, 2.75) is 43.3 Å². The highest BCUT2D eigenvalue weighted by molar-refractivity contribution is 6.26. The van der Waals surface area contributed by atoms with Crippen molar-refractivity contribution in [3.05, 3.63) is 42.0 Å². The van der Waals surface area contributed by atoms with Gasteiger partial charge in [-0.05, 0) is 31.4 Å². The highest BCUT2D eigenvalue weighted by atomic mass is 16.5. The van der Waals surface area contributed by atoms with E-state index in [0.717, 1.165) is 0 Å². The molecule has 3 aliphatic heterocycles. The van der Waals surface area contributed by atoms with E-state index in [1.807, 2.05) is 12.1 Å². The van der Waals surface area contributed by atoms with Crippen LogP contribution in [0.25, 0.3) is 10.8 Å². The van der Waals surface area contributed by atoms with Gasteiger partial charge in [0.05, 0.1) is 46.4 Å². The number of fused-ring (bicyclic) bond motifs is 6. The smallest absolute Gasteiger partial charge is 0.240 e. The van der Waals surface area contributed by atoms with E-state index in [2.05, 4.69) is 12.1 Å². The Morgan fingerprint density at radius 1 is 1.00 bits per heavy atom. The fraction of sp³-hybridized carbons (Fsp3) is 0.417. The lowest BCUT2D eigenvalue weighted by Gasteiger charge is -2.31. The lowest BCUT2D eigenvalue weighted by molar-refractivity contribution is -0.132. The quantitative estimate of drug-likeness (QED) is 0.751. The van der Waals surface area contributed by atoms with Crippen molar-refractivity contribution in [3.63, 3.8) is 0 Å². The maximum Gasteiger partial charge on any atom is 0.240 e. The van der Waals surface area contributed by atoms with Crippen molar-refractivity contribution in [1.82, 2.24) is 0 Å². The van der Waals surface area contributed by atoms with Crippen LogP contribution in [-0.4, -0.2) is 34.7 Å². The highest BCUT2D eigenvalue weighted by Crippen LogP contribution is 2.64. The van der Waals surface area contributed by atoms with Crippen molar-refractivity contribution in [3.8, 4) is 12.1 Å². The second-order valence-corrected chi connectivity index (χ2v) is 8.62. The molecule has 0 radical (unpaired) electrons. The molecule has 2 aromatic rings. The van der Waals surface area contributed by atoms with Gasteiger partial charge in [0, 0.05) is 30.2 Å². The van der Waals surface area contributed by atoms with Gasteiger partial charge in [-0.2, -0.15) is 10.5 Å². The maximum absolute atomic E-state index is 13.7. The molecule has 1 N–H and O–H groups in total. The number of hydrogen-bond acceptors (Lipinski definition) is 6. The number of nitriles is 2. The summed E-state index contributed by atoms with van der Waals surface area (Å²) in [5.74, 6) is -1.98. The number of carbonyl (C=O) groups excluding carboxylic acids is 2. The third-order valence-corrected chi connectivity index (χ3v) is 7.28. The summed E-state index contributed by atoms with van der Waals surface area (Å²) in [4.78, 5) is 28.7. The number of nitrogens with zero attached hydrogens (tertiary/aromatic N) is 3. The Morgan fingerprint density at radius 2 is 1.65 bits per heavy atom. The van der Waals surface area contributed by atoms with Crippen LogP contribution >= 0.6 is 0 Å². The third kappa shape index (κ3) is 2.51. The molecule has 5 rings (SSSR count). The largest absolute Gasteiger partial charge is 0.396 e. The molecule has 3 heterocycles. The molecule has 156 valence electrons. The van der Waals surface area contributed by atoms with Gasteiger partial charge in [-0.1, -0.05) is 24.3 Å².